The highest BCUT2D eigenvalue weighted by atomic mass is 19.4. The highest BCUT2D eigenvalue weighted by Crippen LogP contribution is 2.19. The van der Waals surface area contributed by atoms with Gasteiger partial charge in [0.05, 0.1) is 13.2 Å². The third-order valence-corrected chi connectivity index (χ3v) is 2.47. The number of nitrogens with one attached hydrogen (secondary N) is 2. The van der Waals surface area contributed by atoms with Gasteiger partial charge in [0.2, 0.25) is 11.8 Å². The van der Waals surface area contributed by atoms with Gasteiger partial charge in [0.25, 0.3) is 0 Å². The highest BCUT2D eigenvalue weighted by molar-refractivity contribution is 5.78. The largest absolute Gasteiger partial charge is 0.468 e. The van der Waals surface area contributed by atoms with Crippen LogP contribution in [0.25, 0.3) is 0 Å². The van der Waals surface area contributed by atoms with Crippen molar-refractivity contribution in [1.82, 2.24) is 15.6 Å². The van der Waals surface area contributed by atoms with Gasteiger partial charge in [-0.2, -0.15) is 13.2 Å². The third kappa shape index (κ3) is 7.79. The molecule has 124 valence electrons. The summed E-state index contributed by atoms with van der Waals surface area (Å²) in [4.78, 5) is 15.3. The second kappa shape index (κ2) is 9.21. The maximum absolute atomic E-state index is 12.1. The van der Waals surface area contributed by atoms with E-state index in [1.807, 2.05) is 0 Å². The third-order valence-electron chi connectivity index (χ3n) is 2.47. The lowest BCUT2D eigenvalue weighted by molar-refractivity contribution is -0.154. The molecule has 1 aromatic rings. The molecule has 1 rings (SSSR count). The zero-order chi connectivity index (χ0) is 16.4. The summed E-state index contributed by atoms with van der Waals surface area (Å²) in [5.41, 5.74) is 0.372. The molecular weight excluding hydrogens is 303 g/mol. The standard InChI is InChI=1S/C13H18F3N3O3/c1-21-6-5-17-8-11(20)19-7-10-3-2-4-18-12(10)22-9-13(14,15)16/h2-4,17H,5-9H2,1H3,(H,19,20). The van der Waals surface area contributed by atoms with Gasteiger partial charge in [-0.1, -0.05) is 6.07 Å². The summed E-state index contributed by atoms with van der Waals surface area (Å²) in [6.07, 6.45) is -3.12. The fourth-order valence-electron chi connectivity index (χ4n) is 1.47. The van der Waals surface area contributed by atoms with Gasteiger partial charge in [-0.05, 0) is 6.07 Å². The maximum atomic E-state index is 12.1. The van der Waals surface area contributed by atoms with E-state index < -0.39 is 12.8 Å². The molecule has 1 amide bonds. The first-order valence-corrected chi connectivity index (χ1v) is 6.52. The average molecular weight is 321 g/mol. The molecule has 9 heteroatoms. The van der Waals surface area contributed by atoms with Crippen LogP contribution >= 0.6 is 0 Å². The molecule has 0 fully saturated rings. The van der Waals surface area contributed by atoms with Crippen molar-refractivity contribution >= 4 is 5.91 Å². The number of methoxy groups -OCH3 is 1. The van der Waals surface area contributed by atoms with E-state index in [9.17, 15) is 18.0 Å². The summed E-state index contributed by atoms with van der Waals surface area (Å²) in [5, 5.41) is 5.42. The molecule has 1 heterocycles. The predicted octanol–water partition coefficient (Wildman–Crippen LogP) is 0.875. The number of halogens is 3. The van der Waals surface area contributed by atoms with E-state index in [2.05, 4.69) is 20.4 Å². The van der Waals surface area contributed by atoms with Crippen LogP contribution in [0.3, 0.4) is 0 Å². The van der Waals surface area contributed by atoms with Crippen LogP contribution in [0.4, 0.5) is 13.2 Å². The molecule has 0 unspecified atom stereocenters. The van der Waals surface area contributed by atoms with Crippen LogP contribution in [0, 0.1) is 0 Å². The Labute approximate surface area is 126 Å². The summed E-state index contributed by atoms with van der Waals surface area (Å²) in [6, 6.07) is 3.09. The zero-order valence-corrected chi connectivity index (χ0v) is 12.1. The van der Waals surface area contributed by atoms with Crippen molar-refractivity contribution in [3.8, 4) is 5.88 Å². The Balaban J connectivity index is 2.43. The van der Waals surface area contributed by atoms with Crippen LogP contribution in [0.1, 0.15) is 5.56 Å². The normalized spacial score (nSPS) is 11.3. The molecule has 0 aliphatic rings. The number of amides is 1. The van der Waals surface area contributed by atoms with Crippen molar-refractivity contribution in [2.75, 3.05) is 33.4 Å². The average Bonchev–Trinajstić information content (AvgIpc) is 2.47. The van der Waals surface area contributed by atoms with Gasteiger partial charge in [-0.3, -0.25) is 4.79 Å². The molecule has 0 aliphatic heterocycles. The van der Waals surface area contributed by atoms with E-state index in [0.717, 1.165) is 0 Å². The number of alkyl halides is 3. The number of carbonyl (C=O) groups excluding carboxylic acids is 1. The molecule has 0 atom stereocenters. The quantitative estimate of drug-likeness (QED) is 0.661. The van der Waals surface area contributed by atoms with Crippen LogP contribution in [0.5, 0.6) is 5.88 Å². The van der Waals surface area contributed by atoms with E-state index >= 15 is 0 Å². The summed E-state index contributed by atoms with van der Waals surface area (Å²) >= 11 is 0. The zero-order valence-electron chi connectivity index (χ0n) is 12.1. The van der Waals surface area contributed by atoms with E-state index in [-0.39, 0.29) is 24.9 Å². The van der Waals surface area contributed by atoms with Crippen LogP contribution < -0.4 is 15.4 Å². The summed E-state index contributed by atoms with van der Waals surface area (Å²) in [6.45, 7) is -0.306. The number of ether oxygens (including phenoxy) is 2. The molecule has 0 radical (unpaired) electrons. The number of hydrogen-bond acceptors (Lipinski definition) is 5. The number of aromatic nitrogens is 1. The van der Waals surface area contributed by atoms with E-state index in [4.69, 9.17) is 4.74 Å². The van der Waals surface area contributed by atoms with Gasteiger partial charge in [0.15, 0.2) is 6.61 Å². The molecule has 1 aromatic heterocycles. The van der Waals surface area contributed by atoms with Crippen molar-refractivity contribution in [1.29, 1.82) is 0 Å². The molecule has 0 aromatic carbocycles. The topological polar surface area (TPSA) is 72.5 Å². The maximum Gasteiger partial charge on any atom is 0.422 e. The number of carbonyl (C=O) groups is 1. The van der Waals surface area contributed by atoms with E-state index in [1.54, 1.807) is 13.2 Å². The molecule has 0 aliphatic carbocycles. The Bertz CT molecular complexity index is 469. The Morgan fingerprint density at radius 3 is 2.86 bits per heavy atom. The van der Waals surface area contributed by atoms with Gasteiger partial charge < -0.3 is 20.1 Å². The lowest BCUT2D eigenvalue weighted by Crippen LogP contribution is -2.35. The Morgan fingerprint density at radius 2 is 2.18 bits per heavy atom. The molecule has 6 nitrogen and oxygen atoms in total. The first-order valence-electron chi connectivity index (χ1n) is 6.52. The summed E-state index contributed by atoms with van der Waals surface area (Å²) in [7, 11) is 1.55. The Hall–Kier alpha value is -1.87. The lowest BCUT2D eigenvalue weighted by Gasteiger charge is -2.12. The minimum atomic E-state index is -4.44. The fraction of sp³-hybridized carbons (Fsp3) is 0.538. The number of nitrogens with zero attached hydrogens (tertiary/aromatic N) is 1. The smallest absolute Gasteiger partial charge is 0.422 e. The van der Waals surface area contributed by atoms with Gasteiger partial charge in [0.1, 0.15) is 0 Å². The minimum Gasteiger partial charge on any atom is -0.468 e. The van der Waals surface area contributed by atoms with E-state index in [0.29, 0.717) is 18.7 Å². The van der Waals surface area contributed by atoms with Crippen molar-refractivity contribution in [3.63, 3.8) is 0 Å². The molecule has 2 N–H and O–H groups in total. The second-order valence-electron chi connectivity index (χ2n) is 4.32. The monoisotopic (exact) mass is 321 g/mol. The second-order valence-corrected chi connectivity index (χ2v) is 4.32. The molecular formula is C13H18F3N3O3. The SMILES string of the molecule is COCCNCC(=O)NCc1cccnc1OCC(F)(F)F. The summed E-state index contributed by atoms with van der Waals surface area (Å²) in [5.74, 6) is -0.436. The summed E-state index contributed by atoms with van der Waals surface area (Å²) < 4.78 is 45.9. The van der Waals surface area contributed by atoms with Gasteiger partial charge in [0, 0.05) is 32.0 Å². The van der Waals surface area contributed by atoms with Crippen molar-refractivity contribution in [2.24, 2.45) is 0 Å². The number of hydrogen-bond donors (Lipinski definition) is 2. The molecule has 0 saturated heterocycles. The Kier molecular flexibility index (Phi) is 7.61. The fourth-order valence-corrected chi connectivity index (χ4v) is 1.47. The van der Waals surface area contributed by atoms with Crippen molar-refractivity contribution < 1.29 is 27.4 Å². The number of rotatable bonds is 9. The van der Waals surface area contributed by atoms with Crippen LogP contribution in [-0.2, 0) is 16.1 Å². The first kappa shape index (κ1) is 18.2. The highest BCUT2D eigenvalue weighted by Gasteiger charge is 2.29. The van der Waals surface area contributed by atoms with Gasteiger partial charge in [-0.25, -0.2) is 4.98 Å². The van der Waals surface area contributed by atoms with E-state index in [1.165, 1.54) is 12.3 Å². The van der Waals surface area contributed by atoms with Crippen LogP contribution in [0.2, 0.25) is 0 Å². The van der Waals surface area contributed by atoms with Crippen molar-refractivity contribution in [2.45, 2.75) is 12.7 Å². The van der Waals surface area contributed by atoms with Crippen LogP contribution in [0.15, 0.2) is 18.3 Å². The Morgan fingerprint density at radius 1 is 1.41 bits per heavy atom. The van der Waals surface area contributed by atoms with Gasteiger partial charge >= 0.3 is 6.18 Å². The molecule has 0 bridgehead atoms. The predicted molar refractivity (Wildman–Crippen MR) is 72.4 cm³/mol. The lowest BCUT2D eigenvalue weighted by atomic mass is 10.2. The number of pyridine rings is 1. The van der Waals surface area contributed by atoms with Crippen molar-refractivity contribution in [3.05, 3.63) is 23.9 Å². The molecule has 0 spiro atoms. The minimum absolute atomic E-state index is 0.0336. The van der Waals surface area contributed by atoms with Gasteiger partial charge in [-0.15, -0.1) is 0 Å². The first-order chi connectivity index (χ1) is 10.4. The van der Waals surface area contributed by atoms with Crippen LogP contribution in [-0.4, -0.2) is 50.5 Å². The molecule has 22 heavy (non-hydrogen) atoms. The molecule has 0 saturated carbocycles.